The van der Waals surface area contributed by atoms with Crippen LogP contribution >= 0.6 is 0 Å². The lowest BCUT2D eigenvalue weighted by Crippen LogP contribution is -1.96. The molecule has 0 radical (unpaired) electrons. The summed E-state index contributed by atoms with van der Waals surface area (Å²) in [5.74, 6) is -0.324. The number of aryl methyl sites for hydroxylation is 1. The van der Waals surface area contributed by atoms with Crippen molar-refractivity contribution >= 4 is 9.84 Å². The van der Waals surface area contributed by atoms with Crippen LogP contribution < -0.4 is 0 Å². The summed E-state index contributed by atoms with van der Waals surface area (Å²) < 4.78 is 36.3. The molecule has 94 valence electrons. The fourth-order valence-electron chi connectivity index (χ4n) is 1.81. The van der Waals surface area contributed by atoms with E-state index in [0.717, 1.165) is 11.8 Å². The summed E-state index contributed by atoms with van der Waals surface area (Å²) in [5.41, 5.74) is 2.17. The summed E-state index contributed by atoms with van der Waals surface area (Å²) in [6.45, 7) is 1.80. The highest BCUT2D eigenvalue weighted by atomic mass is 32.2. The van der Waals surface area contributed by atoms with Crippen LogP contribution in [0.5, 0.6) is 0 Å². The molecule has 4 heteroatoms. The first-order chi connectivity index (χ1) is 8.36. The number of hydrogen-bond acceptors (Lipinski definition) is 2. The molecule has 0 unspecified atom stereocenters. The third-order valence-electron chi connectivity index (χ3n) is 2.64. The SMILES string of the molecule is Cc1cc(F)cc(-c2cccc(S(C)(=O)=O)c2)c1. The minimum atomic E-state index is -3.25. The Hall–Kier alpha value is -1.68. The van der Waals surface area contributed by atoms with E-state index in [9.17, 15) is 12.8 Å². The van der Waals surface area contributed by atoms with Gasteiger partial charge in [0.05, 0.1) is 4.90 Å². The van der Waals surface area contributed by atoms with Gasteiger partial charge in [-0.25, -0.2) is 12.8 Å². The molecule has 2 rings (SSSR count). The van der Waals surface area contributed by atoms with Crippen LogP contribution in [0.1, 0.15) is 5.56 Å². The summed E-state index contributed by atoms with van der Waals surface area (Å²) in [5, 5.41) is 0. The van der Waals surface area contributed by atoms with E-state index >= 15 is 0 Å². The van der Waals surface area contributed by atoms with Gasteiger partial charge in [-0.05, 0) is 47.9 Å². The number of benzene rings is 2. The lowest BCUT2D eigenvalue weighted by molar-refractivity contribution is 0.602. The van der Waals surface area contributed by atoms with E-state index in [1.165, 1.54) is 18.2 Å². The van der Waals surface area contributed by atoms with Gasteiger partial charge in [0.25, 0.3) is 0 Å². The predicted molar refractivity (Wildman–Crippen MR) is 69.7 cm³/mol. The molecule has 0 saturated carbocycles. The average molecular weight is 264 g/mol. The van der Waals surface area contributed by atoms with Gasteiger partial charge in [-0.1, -0.05) is 18.2 Å². The summed E-state index contributed by atoms with van der Waals surface area (Å²) in [6, 6.07) is 11.2. The highest BCUT2D eigenvalue weighted by molar-refractivity contribution is 7.90. The molecule has 0 aromatic heterocycles. The Bertz CT molecular complexity index is 670. The molecule has 0 aliphatic heterocycles. The van der Waals surface area contributed by atoms with Crippen molar-refractivity contribution in [2.75, 3.05) is 6.26 Å². The zero-order chi connectivity index (χ0) is 13.3. The van der Waals surface area contributed by atoms with Crippen molar-refractivity contribution in [3.8, 4) is 11.1 Å². The van der Waals surface area contributed by atoms with Gasteiger partial charge in [-0.15, -0.1) is 0 Å². The zero-order valence-corrected chi connectivity index (χ0v) is 11.0. The van der Waals surface area contributed by atoms with Crippen molar-refractivity contribution < 1.29 is 12.8 Å². The molecular formula is C14H13FO2S. The average Bonchev–Trinajstić information content (AvgIpc) is 2.27. The Morgan fingerprint density at radius 2 is 1.72 bits per heavy atom. The largest absolute Gasteiger partial charge is 0.224 e. The number of halogens is 1. The fraction of sp³-hybridized carbons (Fsp3) is 0.143. The molecule has 2 aromatic carbocycles. The van der Waals surface area contributed by atoms with Crippen molar-refractivity contribution in [3.63, 3.8) is 0 Å². The van der Waals surface area contributed by atoms with Gasteiger partial charge in [0, 0.05) is 6.26 Å². The molecule has 2 nitrogen and oxygen atoms in total. The molecule has 0 spiro atoms. The van der Waals surface area contributed by atoms with Crippen LogP contribution in [0.2, 0.25) is 0 Å². The van der Waals surface area contributed by atoms with E-state index in [4.69, 9.17) is 0 Å². The Labute approximate surface area is 106 Å². The van der Waals surface area contributed by atoms with E-state index in [1.807, 2.05) is 6.07 Å². The van der Waals surface area contributed by atoms with Crippen LogP contribution in [0.25, 0.3) is 11.1 Å². The third kappa shape index (κ3) is 2.76. The second-order valence-electron chi connectivity index (χ2n) is 4.32. The van der Waals surface area contributed by atoms with E-state index < -0.39 is 9.84 Å². The van der Waals surface area contributed by atoms with E-state index in [2.05, 4.69) is 0 Å². The van der Waals surface area contributed by atoms with Crippen LogP contribution in [0.4, 0.5) is 4.39 Å². The molecule has 0 N–H and O–H groups in total. The molecule has 2 aromatic rings. The monoisotopic (exact) mass is 264 g/mol. The highest BCUT2D eigenvalue weighted by Crippen LogP contribution is 2.24. The Balaban J connectivity index is 2.58. The van der Waals surface area contributed by atoms with Gasteiger partial charge < -0.3 is 0 Å². The molecule has 0 aliphatic rings. The Morgan fingerprint density at radius 3 is 2.33 bits per heavy atom. The summed E-state index contributed by atoms with van der Waals surface area (Å²) in [7, 11) is -3.25. The maximum atomic E-state index is 13.3. The topological polar surface area (TPSA) is 34.1 Å². The second-order valence-corrected chi connectivity index (χ2v) is 6.33. The number of sulfone groups is 1. The van der Waals surface area contributed by atoms with Crippen molar-refractivity contribution in [2.45, 2.75) is 11.8 Å². The van der Waals surface area contributed by atoms with Crippen LogP contribution in [0.15, 0.2) is 47.4 Å². The quantitative estimate of drug-likeness (QED) is 0.834. The summed E-state index contributed by atoms with van der Waals surface area (Å²) in [6.07, 6.45) is 1.16. The van der Waals surface area contributed by atoms with Crippen LogP contribution in [0.3, 0.4) is 0 Å². The van der Waals surface area contributed by atoms with Gasteiger partial charge >= 0.3 is 0 Å². The first kappa shape index (κ1) is 12.8. The van der Waals surface area contributed by atoms with Gasteiger partial charge in [-0.3, -0.25) is 0 Å². The number of hydrogen-bond donors (Lipinski definition) is 0. The Kier molecular flexibility index (Phi) is 3.22. The molecule has 0 aliphatic carbocycles. The molecule has 0 atom stereocenters. The van der Waals surface area contributed by atoms with Crippen LogP contribution in [0, 0.1) is 12.7 Å². The van der Waals surface area contributed by atoms with Gasteiger partial charge in [-0.2, -0.15) is 0 Å². The van der Waals surface area contributed by atoms with Crippen molar-refractivity contribution in [3.05, 3.63) is 53.8 Å². The van der Waals surface area contributed by atoms with Crippen molar-refractivity contribution in [1.82, 2.24) is 0 Å². The molecule has 0 fully saturated rings. The van der Waals surface area contributed by atoms with Gasteiger partial charge in [0.15, 0.2) is 9.84 Å². The lowest BCUT2D eigenvalue weighted by Gasteiger charge is -2.06. The number of rotatable bonds is 2. The van der Waals surface area contributed by atoms with Crippen molar-refractivity contribution in [1.29, 1.82) is 0 Å². The maximum absolute atomic E-state index is 13.3. The lowest BCUT2D eigenvalue weighted by atomic mass is 10.0. The van der Waals surface area contributed by atoms with E-state index in [1.54, 1.807) is 25.1 Å². The Morgan fingerprint density at radius 1 is 1.00 bits per heavy atom. The van der Waals surface area contributed by atoms with Crippen molar-refractivity contribution in [2.24, 2.45) is 0 Å². The normalized spacial score (nSPS) is 11.5. The van der Waals surface area contributed by atoms with Crippen LogP contribution in [-0.2, 0) is 9.84 Å². The molecular weight excluding hydrogens is 251 g/mol. The first-order valence-corrected chi connectivity index (χ1v) is 7.33. The maximum Gasteiger partial charge on any atom is 0.175 e. The first-order valence-electron chi connectivity index (χ1n) is 5.44. The molecule has 0 saturated heterocycles. The van der Waals surface area contributed by atoms with Gasteiger partial charge in [0.2, 0.25) is 0 Å². The summed E-state index contributed by atoms with van der Waals surface area (Å²) in [4.78, 5) is 0.238. The standard InChI is InChI=1S/C14H13FO2S/c1-10-6-12(8-13(15)7-10)11-4-3-5-14(9-11)18(2,16)17/h3-9H,1-2H3. The smallest absolute Gasteiger partial charge is 0.175 e. The van der Waals surface area contributed by atoms with Gasteiger partial charge in [0.1, 0.15) is 5.82 Å². The molecule has 18 heavy (non-hydrogen) atoms. The second kappa shape index (κ2) is 4.53. The molecule has 0 bridgehead atoms. The fourth-order valence-corrected chi connectivity index (χ4v) is 2.48. The predicted octanol–water partition coefficient (Wildman–Crippen LogP) is 3.20. The van der Waals surface area contributed by atoms with Crippen LogP contribution in [-0.4, -0.2) is 14.7 Å². The molecule has 0 amide bonds. The van der Waals surface area contributed by atoms with E-state index in [-0.39, 0.29) is 10.7 Å². The highest BCUT2D eigenvalue weighted by Gasteiger charge is 2.09. The molecule has 0 heterocycles. The summed E-state index contributed by atoms with van der Waals surface area (Å²) >= 11 is 0. The minimum absolute atomic E-state index is 0.238. The minimum Gasteiger partial charge on any atom is -0.224 e. The van der Waals surface area contributed by atoms with E-state index in [0.29, 0.717) is 11.1 Å². The zero-order valence-electron chi connectivity index (χ0n) is 10.1. The third-order valence-corrected chi connectivity index (χ3v) is 3.75.